The molecule has 118 valence electrons. The summed E-state index contributed by atoms with van der Waals surface area (Å²) in [5, 5.41) is 5.09. The van der Waals surface area contributed by atoms with Crippen LogP contribution in [0.2, 0.25) is 0 Å². The maximum atomic E-state index is 12.2. The van der Waals surface area contributed by atoms with Crippen LogP contribution in [-0.4, -0.2) is 30.4 Å². The van der Waals surface area contributed by atoms with Gasteiger partial charge in [-0.05, 0) is 49.9 Å². The number of hydrogen-bond acceptors (Lipinski definition) is 3. The molecule has 0 radical (unpaired) electrons. The van der Waals surface area contributed by atoms with Gasteiger partial charge in [-0.2, -0.15) is 0 Å². The molecule has 0 spiro atoms. The van der Waals surface area contributed by atoms with Crippen molar-refractivity contribution < 1.29 is 4.79 Å². The van der Waals surface area contributed by atoms with Crippen LogP contribution in [-0.2, 0) is 17.8 Å². The molecule has 1 unspecified atom stereocenters. The second-order valence-electron chi connectivity index (χ2n) is 5.64. The van der Waals surface area contributed by atoms with Crippen LogP contribution in [0, 0.1) is 6.92 Å². The summed E-state index contributed by atoms with van der Waals surface area (Å²) in [5.74, 6) is 0.0904. The van der Waals surface area contributed by atoms with Gasteiger partial charge < -0.3 is 5.32 Å². The Balaban J connectivity index is 1.80. The Labute approximate surface area is 137 Å². The first-order valence-corrected chi connectivity index (χ1v) is 8.50. The molecular formula is C18H24N2OS. The topological polar surface area (TPSA) is 32.3 Å². The molecule has 0 aliphatic heterocycles. The lowest BCUT2D eigenvalue weighted by molar-refractivity contribution is -0.125. The number of carbonyl (C=O) groups is 1. The zero-order chi connectivity index (χ0) is 15.9. The van der Waals surface area contributed by atoms with Crippen molar-refractivity contribution >= 4 is 17.2 Å². The van der Waals surface area contributed by atoms with Crippen LogP contribution in [0.4, 0.5) is 0 Å². The fraction of sp³-hybridized carbons (Fsp3) is 0.389. The fourth-order valence-corrected chi connectivity index (χ4v) is 3.01. The summed E-state index contributed by atoms with van der Waals surface area (Å²) in [6.45, 7) is 5.54. The van der Waals surface area contributed by atoms with Crippen LogP contribution in [0.25, 0.3) is 0 Å². The van der Waals surface area contributed by atoms with Gasteiger partial charge in [-0.1, -0.05) is 30.3 Å². The summed E-state index contributed by atoms with van der Waals surface area (Å²) >= 11 is 1.73. The Morgan fingerprint density at radius 2 is 2.05 bits per heavy atom. The van der Waals surface area contributed by atoms with E-state index in [1.165, 1.54) is 16.0 Å². The van der Waals surface area contributed by atoms with Crippen molar-refractivity contribution in [3.05, 3.63) is 57.8 Å². The first-order valence-electron chi connectivity index (χ1n) is 7.62. The smallest absolute Gasteiger partial charge is 0.237 e. The van der Waals surface area contributed by atoms with Crippen molar-refractivity contribution in [2.45, 2.75) is 32.9 Å². The summed E-state index contributed by atoms with van der Waals surface area (Å²) in [7, 11) is 2.00. The van der Waals surface area contributed by atoms with Gasteiger partial charge in [-0.25, -0.2) is 0 Å². The van der Waals surface area contributed by atoms with Gasteiger partial charge in [-0.3, -0.25) is 9.69 Å². The molecule has 1 heterocycles. The standard InChI is InChI=1S/C18H24N2OS/c1-14-7-4-5-8-16(14)13-20(3)15(2)18(21)19-11-10-17-9-6-12-22-17/h4-9,12,15H,10-11,13H2,1-3H3,(H,19,21). The van der Waals surface area contributed by atoms with E-state index in [0.717, 1.165) is 13.0 Å². The van der Waals surface area contributed by atoms with Crippen LogP contribution < -0.4 is 5.32 Å². The van der Waals surface area contributed by atoms with Gasteiger partial charge >= 0.3 is 0 Å². The van der Waals surface area contributed by atoms with Crippen molar-refractivity contribution in [1.82, 2.24) is 10.2 Å². The number of carbonyl (C=O) groups excluding carboxylic acids is 1. The van der Waals surface area contributed by atoms with E-state index in [1.807, 2.05) is 32.2 Å². The molecule has 4 heteroatoms. The lowest BCUT2D eigenvalue weighted by Crippen LogP contribution is -2.43. The number of rotatable bonds is 7. The molecule has 2 aromatic rings. The summed E-state index contributed by atoms with van der Waals surface area (Å²) in [4.78, 5) is 15.6. The first-order chi connectivity index (χ1) is 10.6. The van der Waals surface area contributed by atoms with Crippen LogP contribution in [0.1, 0.15) is 22.9 Å². The highest BCUT2D eigenvalue weighted by Crippen LogP contribution is 2.11. The first kappa shape index (κ1) is 16.7. The average molecular weight is 316 g/mol. The van der Waals surface area contributed by atoms with Crippen molar-refractivity contribution in [2.75, 3.05) is 13.6 Å². The third kappa shape index (κ3) is 4.68. The van der Waals surface area contributed by atoms with Gasteiger partial charge in [0.2, 0.25) is 5.91 Å². The lowest BCUT2D eigenvalue weighted by Gasteiger charge is -2.24. The number of thiophene rings is 1. The predicted octanol–water partition coefficient (Wildman–Crippen LogP) is 3.24. The van der Waals surface area contributed by atoms with Crippen LogP contribution in [0.5, 0.6) is 0 Å². The quantitative estimate of drug-likeness (QED) is 0.850. The normalized spacial score (nSPS) is 12.4. The molecule has 0 aliphatic rings. The van der Waals surface area contributed by atoms with Crippen molar-refractivity contribution in [3.8, 4) is 0 Å². The number of aryl methyl sites for hydroxylation is 1. The van der Waals surface area contributed by atoms with Crippen LogP contribution in [0.15, 0.2) is 41.8 Å². The minimum atomic E-state index is -0.136. The molecule has 1 N–H and O–H groups in total. The van der Waals surface area contributed by atoms with E-state index < -0.39 is 0 Å². The molecule has 22 heavy (non-hydrogen) atoms. The SMILES string of the molecule is Cc1ccccc1CN(C)C(C)C(=O)NCCc1cccs1. The Hall–Kier alpha value is -1.65. The highest BCUT2D eigenvalue weighted by Gasteiger charge is 2.18. The summed E-state index contributed by atoms with van der Waals surface area (Å²) in [5.41, 5.74) is 2.53. The molecular weight excluding hydrogens is 292 g/mol. The summed E-state index contributed by atoms with van der Waals surface area (Å²) < 4.78 is 0. The highest BCUT2D eigenvalue weighted by molar-refractivity contribution is 7.09. The Morgan fingerprint density at radius 1 is 1.27 bits per heavy atom. The molecule has 1 amide bonds. The molecule has 3 nitrogen and oxygen atoms in total. The van der Waals surface area contributed by atoms with Crippen LogP contribution >= 0.6 is 11.3 Å². The van der Waals surface area contributed by atoms with E-state index >= 15 is 0 Å². The van der Waals surface area contributed by atoms with E-state index in [0.29, 0.717) is 6.54 Å². The molecule has 0 saturated heterocycles. The molecule has 0 saturated carbocycles. The minimum Gasteiger partial charge on any atom is -0.354 e. The predicted molar refractivity (Wildman–Crippen MR) is 93.1 cm³/mol. The van der Waals surface area contributed by atoms with E-state index in [4.69, 9.17) is 0 Å². The Bertz CT molecular complexity index is 595. The fourth-order valence-electron chi connectivity index (χ4n) is 2.30. The second kappa shape index (κ2) is 8.11. The zero-order valence-corrected chi connectivity index (χ0v) is 14.3. The third-order valence-corrected chi connectivity index (χ3v) is 4.91. The Morgan fingerprint density at radius 3 is 2.73 bits per heavy atom. The van der Waals surface area contributed by atoms with E-state index in [1.54, 1.807) is 11.3 Å². The molecule has 0 bridgehead atoms. The van der Waals surface area contributed by atoms with Crippen molar-refractivity contribution in [1.29, 1.82) is 0 Å². The number of likely N-dealkylation sites (N-methyl/N-ethyl adjacent to an activating group) is 1. The minimum absolute atomic E-state index is 0.0904. The van der Waals surface area contributed by atoms with E-state index in [9.17, 15) is 4.79 Å². The maximum absolute atomic E-state index is 12.2. The van der Waals surface area contributed by atoms with Gasteiger partial charge in [0.1, 0.15) is 0 Å². The highest BCUT2D eigenvalue weighted by atomic mass is 32.1. The van der Waals surface area contributed by atoms with Gasteiger partial charge in [0.15, 0.2) is 0 Å². The summed E-state index contributed by atoms with van der Waals surface area (Å²) in [6.07, 6.45) is 0.900. The molecule has 0 aliphatic carbocycles. The largest absolute Gasteiger partial charge is 0.354 e. The number of nitrogens with zero attached hydrogens (tertiary/aromatic N) is 1. The van der Waals surface area contributed by atoms with E-state index in [2.05, 4.69) is 40.7 Å². The van der Waals surface area contributed by atoms with E-state index in [-0.39, 0.29) is 11.9 Å². The number of hydrogen-bond donors (Lipinski definition) is 1. The monoisotopic (exact) mass is 316 g/mol. The molecule has 2 rings (SSSR count). The van der Waals surface area contributed by atoms with Gasteiger partial charge in [0, 0.05) is 18.0 Å². The van der Waals surface area contributed by atoms with Crippen LogP contribution in [0.3, 0.4) is 0 Å². The van der Waals surface area contributed by atoms with Crippen molar-refractivity contribution in [3.63, 3.8) is 0 Å². The van der Waals surface area contributed by atoms with Crippen molar-refractivity contribution in [2.24, 2.45) is 0 Å². The average Bonchev–Trinajstić information content (AvgIpc) is 3.02. The second-order valence-corrected chi connectivity index (χ2v) is 6.67. The Kier molecular flexibility index (Phi) is 6.16. The zero-order valence-electron chi connectivity index (χ0n) is 13.5. The molecule has 1 atom stereocenters. The lowest BCUT2D eigenvalue weighted by atomic mass is 10.1. The number of nitrogens with one attached hydrogen (secondary N) is 1. The van der Waals surface area contributed by atoms with Gasteiger partial charge in [0.25, 0.3) is 0 Å². The maximum Gasteiger partial charge on any atom is 0.237 e. The third-order valence-electron chi connectivity index (χ3n) is 3.97. The molecule has 0 fully saturated rings. The number of amides is 1. The molecule has 1 aromatic carbocycles. The van der Waals surface area contributed by atoms with Gasteiger partial charge in [-0.15, -0.1) is 11.3 Å². The number of benzene rings is 1. The molecule has 1 aromatic heterocycles. The van der Waals surface area contributed by atoms with Gasteiger partial charge in [0.05, 0.1) is 6.04 Å². The summed E-state index contributed by atoms with van der Waals surface area (Å²) in [6, 6.07) is 12.3.